The van der Waals surface area contributed by atoms with Crippen molar-refractivity contribution in [1.29, 1.82) is 0 Å². The minimum Gasteiger partial charge on any atom is -0.398 e. The van der Waals surface area contributed by atoms with Gasteiger partial charge in [0.15, 0.2) is 0 Å². The Morgan fingerprint density at radius 1 is 1.00 bits per heavy atom. The van der Waals surface area contributed by atoms with Gasteiger partial charge in [-0.05, 0) is 35.3 Å². The third kappa shape index (κ3) is 2.75. The van der Waals surface area contributed by atoms with Gasteiger partial charge in [-0.25, -0.2) is 4.37 Å². The number of hydrogen-bond acceptors (Lipinski definition) is 4. The first-order chi connectivity index (χ1) is 8.84. The fourth-order valence-corrected chi connectivity index (χ4v) is 2.46. The van der Waals surface area contributed by atoms with E-state index >= 15 is 0 Å². The Labute approximate surface area is 121 Å². The lowest BCUT2D eigenvalue weighted by molar-refractivity contribution is 1.33. The fourth-order valence-electron chi connectivity index (χ4n) is 1.87. The molecule has 0 atom stereocenters. The molecule has 3 rings (SSSR count). The quantitative estimate of drug-likeness (QED) is 0.729. The Morgan fingerprint density at radius 3 is 2.53 bits per heavy atom. The Bertz CT molecular complexity index is 654. The summed E-state index contributed by atoms with van der Waals surface area (Å²) in [5, 5.41) is 0. The number of anilines is 1. The molecule has 19 heavy (non-hydrogen) atoms. The highest BCUT2D eigenvalue weighted by molar-refractivity contribution is 7.09. The van der Waals surface area contributed by atoms with Gasteiger partial charge in [0.2, 0.25) is 0 Å². The number of halogens is 1. The van der Waals surface area contributed by atoms with Crippen LogP contribution in [0.4, 0.5) is 5.69 Å². The molecule has 2 N–H and O–H groups in total. The Kier molecular flexibility index (Phi) is 4.14. The van der Waals surface area contributed by atoms with Gasteiger partial charge in [-0.2, -0.15) is 0 Å². The van der Waals surface area contributed by atoms with E-state index in [0.717, 1.165) is 27.3 Å². The van der Waals surface area contributed by atoms with Gasteiger partial charge in [0.05, 0.1) is 4.88 Å². The smallest absolute Gasteiger partial charge is 0.0550 e. The van der Waals surface area contributed by atoms with Crippen LogP contribution in [-0.2, 0) is 0 Å². The first-order valence-electron chi connectivity index (χ1n) is 5.55. The predicted octanol–water partition coefficient (Wildman–Crippen LogP) is 3.88. The second-order valence-electron chi connectivity index (χ2n) is 3.92. The predicted molar refractivity (Wildman–Crippen MR) is 82.4 cm³/mol. The summed E-state index contributed by atoms with van der Waals surface area (Å²) in [6, 6.07) is 12.0. The second kappa shape index (κ2) is 5.82. The van der Waals surface area contributed by atoms with Gasteiger partial charge >= 0.3 is 0 Å². The molecule has 0 fully saturated rings. The van der Waals surface area contributed by atoms with Crippen molar-refractivity contribution in [3.05, 3.63) is 55.0 Å². The van der Waals surface area contributed by atoms with E-state index in [4.69, 9.17) is 5.73 Å². The van der Waals surface area contributed by atoms with Crippen LogP contribution in [0.2, 0.25) is 0 Å². The molecular formula is C14H12ClN3S. The molecule has 5 heteroatoms. The van der Waals surface area contributed by atoms with Crippen LogP contribution in [0.25, 0.3) is 21.6 Å². The lowest BCUT2D eigenvalue weighted by atomic mass is 10.0. The maximum absolute atomic E-state index is 6.12. The first-order valence-corrected chi connectivity index (χ1v) is 6.33. The zero-order chi connectivity index (χ0) is 12.4. The Hall–Kier alpha value is -1.91. The highest BCUT2D eigenvalue weighted by Gasteiger charge is 2.06. The summed E-state index contributed by atoms with van der Waals surface area (Å²) in [6.07, 6.45) is 5.37. The standard InChI is InChI=1S/C14H11N3S.ClH/c15-13-8-10(14-5-7-17-18-14)3-4-12(13)11-2-1-6-16-9-11;/h1-9H,15H2;1H. The molecule has 0 aliphatic rings. The number of aromatic nitrogens is 2. The molecule has 1 aromatic carbocycles. The molecule has 96 valence electrons. The maximum atomic E-state index is 6.12. The molecule has 3 aromatic rings. The summed E-state index contributed by atoms with van der Waals surface area (Å²) < 4.78 is 4.10. The van der Waals surface area contributed by atoms with Crippen LogP contribution in [0.3, 0.4) is 0 Å². The summed E-state index contributed by atoms with van der Waals surface area (Å²) in [4.78, 5) is 5.24. The van der Waals surface area contributed by atoms with Crippen molar-refractivity contribution in [2.75, 3.05) is 5.73 Å². The molecule has 0 spiro atoms. The Balaban J connectivity index is 0.00000133. The third-order valence-corrected chi connectivity index (χ3v) is 3.54. The molecule has 0 radical (unpaired) electrons. The molecule has 2 aromatic heterocycles. The number of rotatable bonds is 2. The number of nitrogens with two attached hydrogens (primary N) is 1. The SMILES string of the molecule is Cl.Nc1cc(-c2ccns2)ccc1-c1cccnc1. The van der Waals surface area contributed by atoms with Crippen LogP contribution in [-0.4, -0.2) is 9.36 Å². The van der Waals surface area contributed by atoms with Crippen LogP contribution >= 0.6 is 23.9 Å². The van der Waals surface area contributed by atoms with Crippen molar-refractivity contribution >= 4 is 29.6 Å². The first kappa shape index (κ1) is 13.5. The van der Waals surface area contributed by atoms with Crippen molar-refractivity contribution in [2.24, 2.45) is 0 Å². The maximum Gasteiger partial charge on any atom is 0.0550 e. The van der Waals surface area contributed by atoms with E-state index in [-0.39, 0.29) is 12.4 Å². The molecule has 0 bridgehead atoms. The average Bonchev–Trinajstić information content (AvgIpc) is 2.93. The normalized spacial score (nSPS) is 9.89. The fraction of sp³-hybridized carbons (Fsp3) is 0. The molecular weight excluding hydrogens is 278 g/mol. The second-order valence-corrected chi connectivity index (χ2v) is 4.75. The Morgan fingerprint density at radius 2 is 1.89 bits per heavy atom. The van der Waals surface area contributed by atoms with E-state index in [1.807, 2.05) is 36.5 Å². The monoisotopic (exact) mass is 289 g/mol. The van der Waals surface area contributed by atoms with Crippen molar-refractivity contribution in [3.63, 3.8) is 0 Å². The van der Waals surface area contributed by atoms with E-state index in [2.05, 4.69) is 15.4 Å². The van der Waals surface area contributed by atoms with Crippen LogP contribution in [0, 0.1) is 0 Å². The van der Waals surface area contributed by atoms with Crippen molar-refractivity contribution in [1.82, 2.24) is 9.36 Å². The number of nitrogen functional groups attached to an aromatic ring is 1. The van der Waals surface area contributed by atoms with Gasteiger partial charge in [-0.15, -0.1) is 12.4 Å². The van der Waals surface area contributed by atoms with E-state index in [9.17, 15) is 0 Å². The summed E-state index contributed by atoms with van der Waals surface area (Å²) in [5.74, 6) is 0. The third-order valence-electron chi connectivity index (χ3n) is 2.75. The zero-order valence-corrected chi connectivity index (χ0v) is 11.6. The van der Waals surface area contributed by atoms with E-state index in [1.54, 1.807) is 12.4 Å². The topological polar surface area (TPSA) is 51.8 Å². The number of benzene rings is 1. The average molecular weight is 290 g/mol. The highest BCUT2D eigenvalue weighted by Crippen LogP contribution is 2.31. The summed E-state index contributed by atoms with van der Waals surface area (Å²) >= 11 is 1.47. The van der Waals surface area contributed by atoms with Gasteiger partial charge in [-0.1, -0.05) is 18.2 Å². The molecule has 0 aliphatic heterocycles. The summed E-state index contributed by atoms with van der Waals surface area (Å²) in [6.45, 7) is 0. The zero-order valence-electron chi connectivity index (χ0n) is 9.98. The van der Waals surface area contributed by atoms with Crippen LogP contribution < -0.4 is 5.73 Å². The molecule has 2 heterocycles. The number of nitrogens with zero attached hydrogens (tertiary/aromatic N) is 2. The van der Waals surface area contributed by atoms with Crippen molar-refractivity contribution in [2.45, 2.75) is 0 Å². The molecule has 0 saturated heterocycles. The van der Waals surface area contributed by atoms with Crippen LogP contribution in [0.15, 0.2) is 55.0 Å². The molecule has 0 saturated carbocycles. The van der Waals surface area contributed by atoms with E-state index < -0.39 is 0 Å². The van der Waals surface area contributed by atoms with Gasteiger partial charge in [0.1, 0.15) is 0 Å². The summed E-state index contributed by atoms with van der Waals surface area (Å²) in [5.41, 5.74) is 10.0. The van der Waals surface area contributed by atoms with Gasteiger partial charge in [0, 0.05) is 35.4 Å². The highest BCUT2D eigenvalue weighted by atomic mass is 35.5. The molecule has 0 amide bonds. The van der Waals surface area contributed by atoms with Gasteiger partial charge in [-0.3, -0.25) is 4.98 Å². The molecule has 0 unspecified atom stereocenters. The van der Waals surface area contributed by atoms with Crippen molar-refractivity contribution in [3.8, 4) is 21.6 Å². The van der Waals surface area contributed by atoms with Gasteiger partial charge in [0.25, 0.3) is 0 Å². The van der Waals surface area contributed by atoms with E-state index in [0.29, 0.717) is 0 Å². The largest absolute Gasteiger partial charge is 0.398 e. The lowest BCUT2D eigenvalue weighted by Gasteiger charge is -2.07. The molecule has 3 nitrogen and oxygen atoms in total. The minimum absolute atomic E-state index is 0. The summed E-state index contributed by atoms with van der Waals surface area (Å²) in [7, 11) is 0. The van der Waals surface area contributed by atoms with Gasteiger partial charge < -0.3 is 5.73 Å². The van der Waals surface area contributed by atoms with E-state index in [1.165, 1.54) is 11.5 Å². The number of hydrogen-bond donors (Lipinski definition) is 1. The minimum atomic E-state index is 0. The lowest BCUT2D eigenvalue weighted by Crippen LogP contribution is -1.91. The van der Waals surface area contributed by atoms with Crippen LogP contribution in [0.5, 0.6) is 0 Å². The van der Waals surface area contributed by atoms with Crippen LogP contribution in [0.1, 0.15) is 0 Å². The number of pyridine rings is 1. The molecule has 0 aliphatic carbocycles. The van der Waals surface area contributed by atoms with Crippen molar-refractivity contribution < 1.29 is 0 Å².